The van der Waals surface area contributed by atoms with Crippen LogP contribution < -0.4 is 0 Å². The Bertz CT molecular complexity index is 663. The van der Waals surface area contributed by atoms with Crippen molar-refractivity contribution >= 4 is 5.91 Å². The van der Waals surface area contributed by atoms with Gasteiger partial charge in [0.15, 0.2) is 0 Å². The van der Waals surface area contributed by atoms with E-state index in [9.17, 15) is 18.0 Å². The summed E-state index contributed by atoms with van der Waals surface area (Å²) in [6, 6.07) is 5.91. The Kier molecular flexibility index (Phi) is 6.65. The minimum absolute atomic E-state index is 0.0421. The van der Waals surface area contributed by atoms with Gasteiger partial charge in [0.1, 0.15) is 0 Å². The summed E-state index contributed by atoms with van der Waals surface area (Å²) in [4.78, 5) is 19.5. The molecule has 0 spiro atoms. The summed E-state index contributed by atoms with van der Waals surface area (Å²) in [7, 11) is 2.15. The Morgan fingerprint density at radius 3 is 2.36 bits per heavy atom. The highest BCUT2D eigenvalue weighted by Crippen LogP contribution is 2.30. The number of nitrogens with zero attached hydrogens (tertiary/aromatic N) is 3. The molecular weight excluding hydrogens is 367 g/mol. The van der Waals surface area contributed by atoms with E-state index in [1.807, 2.05) is 11.8 Å². The number of piperidine rings is 1. The summed E-state index contributed by atoms with van der Waals surface area (Å²) in [5.41, 5.74) is -0.1000. The summed E-state index contributed by atoms with van der Waals surface area (Å²) >= 11 is 0. The second-order valence-corrected chi connectivity index (χ2v) is 8.20. The van der Waals surface area contributed by atoms with Crippen molar-refractivity contribution < 1.29 is 18.0 Å². The van der Waals surface area contributed by atoms with E-state index in [1.54, 1.807) is 6.07 Å². The number of alkyl halides is 3. The molecule has 4 nitrogen and oxygen atoms in total. The van der Waals surface area contributed by atoms with Crippen LogP contribution in [0, 0.1) is 5.92 Å². The summed E-state index contributed by atoms with van der Waals surface area (Å²) < 4.78 is 38.7. The number of benzene rings is 1. The molecular formula is C21H30F3N3O. The van der Waals surface area contributed by atoms with Crippen molar-refractivity contribution in [2.75, 3.05) is 46.3 Å². The number of hydrogen-bond donors (Lipinski definition) is 0. The van der Waals surface area contributed by atoms with Crippen molar-refractivity contribution in [2.24, 2.45) is 5.92 Å². The third-order valence-electron chi connectivity index (χ3n) is 6.05. The molecule has 2 aliphatic heterocycles. The number of amides is 1. The van der Waals surface area contributed by atoms with Crippen molar-refractivity contribution in [1.29, 1.82) is 0 Å². The molecule has 0 unspecified atom stereocenters. The Hall–Kier alpha value is -1.60. The maximum absolute atomic E-state index is 12.9. The molecule has 0 aromatic heterocycles. The van der Waals surface area contributed by atoms with Crippen LogP contribution in [-0.2, 0) is 17.4 Å². The molecule has 1 aromatic rings. The highest BCUT2D eigenvalue weighted by Gasteiger charge is 2.32. The maximum Gasteiger partial charge on any atom is 0.416 e. The molecule has 1 amide bonds. The summed E-state index contributed by atoms with van der Waals surface area (Å²) in [5, 5.41) is 0. The lowest BCUT2D eigenvalue weighted by Crippen LogP contribution is -2.54. The van der Waals surface area contributed by atoms with E-state index in [4.69, 9.17) is 0 Å². The number of halogens is 3. The van der Waals surface area contributed by atoms with Crippen LogP contribution >= 0.6 is 0 Å². The lowest BCUT2D eigenvalue weighted by molar-refractivity contribution is -0.137. The van der Waals surface area contributed by atoms with Gasteiger partial charge in [-0.25, -0.2) is 0 Å². The number of carbonyl (C=O) groups excluding carboxylic acids is 1. The minimum Gasteiger partial charge on any atom is -0.340 e. The zero-order chi connectivity index (χ0) is 20.3. The number of rotatable bonds is 4. The Morgan fingerprint density at radius 2 is 1.75 bits per heavy atom. The molecule has 2 heterocycles. The highest BCUT2D eigenvalue weighted by atomic mass is 19.4. The van der Waals surface area contributed by atoms with E-state index >= 15 is 0 Å². The second kappa shape index (κ2) is 8.82. The van der Waals surface area contributed by atoms with E-state index in [1.165, 1.54) is 18.9 Å². The van der Waals surface area contributed by atoms with Crippen LogP contribution in [0.5, 0.6) is 0 Å². The van der Waals surface area contributed by atoms with Crippen molar-refractivity contribution in [3.8, 4) is 0 Å². The van der Waals surface area contributed by atoms with Gasteiger partial charge in [0, 0.05) is 38.1 Å². The molecule has 2 aliphatic rings. The summed E-state index contributed by atoms with van der Waals surface area (Å²) in [5.74, 6) is -0.279. The van der Waals surface area contributed by atoms with Crippen LogP contribution in [0.4, 0.5) is 13.2 Å². The van der Waals surface area contributed by atoms with Gasteiger partial charge in [0.05, 0.1) is 5.56 Å². The highest BCUT2D eigenvalue weighted by molar-refractivity contribution is 5.79. The summed E-state index contributed by atoms with van der Waals surface area (Å²) in [6.07, 6.45) is -1.67. The molecule has 0 N–H and O–H groups in total. The molecule has 0 aliphatic carbocycles. The van der Waals surface area contributed by atoms with Crippen LogP contribution in [0.2, 0.25) is 0 Å². The fourth-order valence-corrected chi connectivity index (χ4v) is 4.29. The SMILES string of the molecule is C[C@H](Cc1cccc(C(F)(F)F)c1)C(=O)N1CCN(C2CCN(C)CC2)CC1. The molecule has 2 fully saturated rings. The molecule has 2 saturated heterocycles. The van der Waals surface area contributed by atoms with Gasteiger partial charge < -0.3 is 9.80 Å². The van der Waals surface area contributed by atoms with Gasteiger partial charge in [-0.05, 0) is 51.0 Å². The molecule has 1 atom stereocenters. The van der Waals surface area contributed by atoms with Gasteiger partial charge in [-0.15, -0.1) is 0 Å². The minimum atomic E-state index is -4.35. The number of carbonyl (C=O) groups is 1. The second-order valence-electron chi connectivity index (χ2n) is 8.20. The fourth-order valence-electron chi connectivity index (χ4n) is 4.29. The van der Waals surface area contributed by atoms with Gasteiger partial charge in [-0.2, -0.15) is 13.2 Å². The van der Waals surface area contributed by atoms with Crippen LogP contribution in [0.3, 0.4) is 0 Å². The molecule has 0 saturated carbocycles. The van der Waals surface area contributed by atoms with Gasteiger partial charge in [0.25, 0.3) is 0 Å². The van der Waals surface area contributed by atoms with Crippen molar-refractivity contribution in [3.63, 3.8) is 0 Å². The molecule has 156 valence electrons. The van der Waals surface area contributed by atoms with Gasteiger partial charge in [-0.3, -0.25) is 9.69 Å². The molecule has 3 rings (SSSR count). The van der Waals surface area contributed by atoms with E-state index < -0.39 is 11.7 Å². The largest absolute Gasteiger partial charge is 0.416 e. The van der Waals surface area contributed by atoms with Gasteiger partial charge in [-0.1, -0.05) is 25.1 Å². The van der Waals surface area contributed by atoms with Crippen molar-refractivity contribution in [1.82, 2.24) is 14.7 Å². The molecule has 28 heavy (non-hydrogen) atoms. The van der Waals surface area contributed by atoms with Gasteiger partial charge >= 0.3 is 6.18 Å². The predicted molar refractivity (Wildman–Crippen MR) is 103 cm³/mol. The quantitative estimate of drug-likeness (QED) is 0.781. The van der Waals surface area contributed by atoms with Crippen molar-refractivity contribution in [3.05, 3.63) is 35.4 Å². The molecule has 0 bridgehead atoms. The Labute approximate surface area is 165 Å². The normalized spacial score (nSPS) is 21.7. The number of hydrogen-bond acceptors (Lipinski definition) is 3. The third-order valence-corrected chi connectivity index (χ3v) is 6.05. The molecule has 1 aromatic carbocycles. The first kappa shape index (κ1) is 21.1. The molecule has 0 radical (unpaired) electrons. The standard InChI is InChI=1S/C21H30F3N3O/c1-16(14-17-4-3-5-18(15-17)21(22,23)24)20(28)27-12-10-26(11-13-27)19-6-8-25(2)9-7-19/h3-5,15-16,19H,6-14H2,1-2H3/t16-/m1/s1. The van der Waals surface area contributed by atoms with Crippen molar-refractivity contribution in [2.45, 2.75) is 38.4 Å². The Morgan fingerprint density at radius 1 is 1.11 bits per heavy atom. The first-order chi connectivity index (χ1) is 13.2. The first-order valence-corrected chi connectivity index (χ1v) is 10.1. The average molecular weight is 397 g/mol. The number of likely N-dealkylation sites (tertiary alicyclic amines) is 1. The van der Waals surface area contributed by atoms with Crippen LogP contribution in [-0.4, -0.2) is 73.0 Å². The number of piperazine rings is 1. The van der Waals surface area contributed by atoms with Gasteiger partial charge in [0.2, 0.25) is 5.91 Å². The van der Waals surface area contributed by atoms with E-state index in [2.05, 4.69) is 16.8 Å². The van der Waals surface area contributed by atoms with E-state index in [0.717, 1.165) is 38.3 Å². The summed E-state index contributed by atoms with van der Waals surface area (Å²) in [6.45, 7) is 7.24. The zero-order valence-corrected chi connectivity index (χ0v) is 16.7. The molecule has 7 heteroatoms. The average Bonchev–Trinajstić information content (AvgIpc) is 2.68. The maximum atomic E-state index is 12.9. The lowest BCUT2D eigenvalue weighted by atomic mass is 9.97. The van der Waals surface area contributed by atoms with E-state index in [0.29, 0.717) is 31.1 Å². The van der Waals surface area contributed by atoms with Crippen LogP contribution in [0.15, 0.2) is 24.3 Å². The monoisotopic (exact) mass is 397 g/mol. The first-order valence-electron chi connectivity index (χ1n) is 10.1. The van der Waals surface area contributed by atoms with Crippen LogP contribution in [0.1, 0.15) is 30.9 Å². The Balaban J connectivity index is 1.51. The van der Waals surface area contributed by atoms with Crippen LogP contribution in [0.25, 0.3) is 0 Å². The fraction of sp³-hybridized carbons (Fsp3) is 0.667. The zero-order valence-electron chi connectivity index (χ0n) is 16.7. The van der Waals surface area contributed by atoms with E-state index in [-0.39, 0.29) is 11.8 Å². The predicted octanol–water partition coefficient (Wildman–Crippen LogP) is 3.12. The lowest BCUT2D eigenvalue weighted by Gasteiger charge is -2.42. The third kappa shape index (κ3) is 5.26. The topological polar surface area (TPSA) is 26.8 Å². The smallest absolute Gasteiger partial charge is 0.340 e.